The monoisotopic (exact) mass is 318 g/mol. The number of pyridine rings is 1. The number of para-hydroxylation sites is 2. The number of aromatic nitrogens is 1. The normalized spacial score (nSPS) is 16.1. The summed E-state index contributed by atoms with van der Waals surface area (Å²) in [6.45, 7) is 0.448. The highest BCUT2D eigenvalue weighted by atomic mass is 35.5. The van der Waals surface area contributed by atoms with E-state index in [1.807, 2.05) is 24.3 Å². The van der Waals surface area contributed by atoms with Crippen LogP contribution in [0.4, 0.5) is 5.82 Å². The van der Waals surface area contributed by atoms with Gasteiger partial charge in [-0.3, -0.25) is 4.79 Å². The van der Waals surface area contributed by atoms with Crippen molar-refractivity contribution >= 4 is 23.3 Å². The van der Waals surface area contributed by atoms with E-state index in [4.69, 9.17) is 21.1 Å². The molecule has 0 radical (unpaired) electrons. The summed E-state index contributed by atoms with van der Waals surface area (Å²) in [6.07, 6.45) is 2.28. The summed E-state index contributed by atoms with van der Waals surface area (Å²) < 4.78 is 11.4. The summed E-state index contributed by atoms with van der Waals surface area (Å²) in [5.74, 6) is 1.84. The van der Waals surface area contributed by atoms with Gasteiger partial charge in [0.2, 0.25) is 5.91 Å². The van der Waals surface area contributed by atoms with Gasteiger partial charge in [-0.15, -0.1) is 0 Å². The van der Waals surface area contributed by atoms with E-state index in [0.717, 1.165) is 11.5 Å². The fourth-order valence-electron chi connectivity index (χ4n) is 2.15. The smallest absolute Gasteiger partial charge is 0.225 e. The molecular weight excluding hydrogens is 304 g/mol. The van der Waals surface area contributed by atoms with E-state index in [2.05, 4.69) is 10.3 Å². The quantitative estimate of drug-likeness (QED) is 0.939. The van der Waals surface area contributed by atoms with Crippen LogP contribution < -0.4 is 14.8 Å². The molecule has 0 bridgehead atoms. The van der Waals surface area contributed by atoms with Crippen LogP contribution in [0.3, 0.4) is 0 Å². The number of nitrogens with one attached hydrogen (secondary N) is 1. The molecule has 2 heterocycles. The van der Waals surface area contributed by atoms with E-state index < -0.39 is 0 Å². The molecule has 0 aliphatic carbocycles. The first-order valence-electron chi connectivity index (χ1n) is 7.00. The number of anilines is 1. The number of amides is 1. The molecule has 0 saturated heterocycles. The molecule has 1 aromatic carbocycles. The van der Waals surface area contributed by atoms with Crippen LogP contribution in [0.1, 0.15) is 12.8 Å². The summed E-state index contributed by atoms with van der Waals surface area (Å²) in [7, 11) is 0. The molecule has 3 rings (SSSR count). The van der Waals surface area contributed by atoms with E-state index in [-0.39, 0.29) is 12.0 Å². The van der Waals surface area contributed by atoms with Crippen molar-refractivity contribution in [1.82, 2.24) is 4.98 Å². The van der Waals surface area contributed by atoms with Crippen LogP contribution in [0.2, 0.25) is 5.02 Å². The average molecular weight is 319 g/mol. The summed E-state index contributed by atoms with van der Waals surface area (Å²) >= 11 is 5.75. The van der Waals surface area contributed by atoms with Gasteiger partial charge < -0.3 is 14.8 Å². The van der Waals surface area contributed by atoms with Gasteiger partial charge in [0.1, 0.15) is 18.5 Å². The summed E-state index contributed by atoms with van der Waals surface area (Å²) in [4.78, 5) is 15.9. The SMILES string of the molecule is O=C(CC[C@H]1COc2ccccc2O1)Nc1ccc(Cl)cn1. The van der Waals surface area contributed by atoms with E-state index in [9.17, 15) is 4.79 Å². The van der Waals surface area contributed by atoms with Crippen LogP contribution in [0, 0.1) is 0 Å². The van der Waals surface area contributed by atoms with Gasteiger partial charge >= 0.3 is 0 Å². The predicted octanol–water partition coefficient (Wildman–Crippen LogP) is 3.29. The number of hydrogen-bond donors (Lipinski definition) is 1. The second kappa shape index (κ2) is 6.66. The lowest BCUT2D eigenvalue weighted by molar-refractivity contribution is -0.116. The zero-order valence-corrected chi connectivity index (χ0v) is 12.5. The summed E-state index contributed by atoms with van der Waals surface area (Å²) in [5.41, 5.74) is 0. The van der Waals surface area contributed by atoms with Gasteiger partial charge in [-0.1, -0.05) is 23.7 Å². The first-order valence-corrected chi connectivity index (χ1v) is 7.38. The number of fused-ring (bicyclic) bond motifs is 1. The summed E-state index contributed by atoms with van der Waals surface area (Å²) in [5, 5.41) is 3.25. The Morgan fingerprint density at radius 3 is 2.86 bits per heavy atom. The van der Waals surface area contributed by atoms with E-state index >= 15 is 0 Å². The van der Waals surface area contributed by atoms with Crippen molar-refractivity contribution in [3.8, 4) is 11.5 Å². The van der Waals surface area contributed by atoms with Crippen molar-refractivity contribution in [2.24, 2.45) is 0 Å². The lowest BCUT2D eigenvalue weighted by atomic mass is 10.1. The molecular formula is C16H15ClN2O3. The third-order valence-corrected chi connectivity index (χ3v) is 3.48. The molecule has 0 saturated carbocycles. The van der Waals surface area contributed by atoms with Gasteiger partial charge in [0, 0.05) is 12.6 Å². The van der Waals surface area contributed by atoms with Gasteiger partial charge in [0.25, 0.3) is 0 Å². The summed E-state index contributed by atoms with van der Waals surface area (Å²) in [6, 6.07) is 10.9. The lowest BCUT2D eigenvalue weighted by Gasteiger charge is -2.26. The first-order chi connectivity index (χ1) is 10.7. The number of ether oxygens (including phenoxy) is 2. The van der Waals surface area contributed by atoms with Crippen molar-refractivity contribution in [1.29, 1.82) is 0 Å². The largest absolute Gasteiger partial charge is 0.486 e. The molecule has 2 aromatic rings. The molecule has 1 N–H and O–H groups in total. The van der Waals surface area contributed by atoms with Gasteiger partial charge in [-0.05, 0) is 30.7 Å². The molecule has 6 heteroatoms. The lowest BCUT2D eigenvalue weighted by Crippen LogP contribution is -2.30. The van der Waals surface area contributed by atoms with Gasteiger partial charge in [0.15, 0.2) is 11.5 Å². The van der Waals surface area contributed by atoms with E-state index in [0.29, 0.717) is 30.3 Å². The molecule has 1 aliphatic rings. The van der Waals surface area contributed by atoms with Crippen molar-refractivity contribution in [2.75, 3.05) is 11.9 Å². The standard InChI is InChI=1S/C16H15ClN2O3/c17-11-5-7-15(18-9-11)19-16(20)8-6-12-10-21-13-3-1-2-4-14(13)22-12/h1-5,7,9,12H,6,8,10H2,(H,18,19,20)/t12-/m0/s1. The number of hydrogen-bond acceptors (Lipinski definition) is 4. The second-order valence-electron chi connectivity index (χ2n) is 4.95. The van der Waals surface area contributed by atoms with Crippen LogP contribution in [0.15, 0.2) is 42.6 Å². The average Bonchev–Trinajstić information content (AvgIpc) is 2.55. The predicted molar refractivity (Wildman–Crippen MR) is 83.5 cm³/mol. The van der Waals surface area contributed by atoms with Gasteiger partial charge in [-0.2, -0.15) is 0 Å². The minimum atomic E-state index is -0.126. The highest BCUT2D eigenvalue weighted by molar-refractivity contribution is 6.30. The number of rotatable bonds is 4. The Bertz CT molecular complexity index is 661. The molecule has 0 fully saturated rings. The van der Waals surface area contributed by atoms with E-state index in [1.165, 1.54) is 6.20 Å². The molecule has 114 valence electrons. The molecule has 5 nitrogen and oxygen atoms in total. The van der Waals surface area contributed by atoms with Crippen LogP contribution in [0.25, 0.3) is 0 Å². The number of nitrogens with zero attached hydrogens (tertiary/aromatic N) is 1. The van der Waals surface area contributed by atoms with Crippen LogP contribution in [-0.4, -0.2) is 23.6 Å². The maximum atomic E-state index is 11.9. The Balaban J connectivity index is 1.49. The fourth-order valence-corrected chi connectivity index (χ4v) is 2.26. The third-order valence-electron chi connectivity index (χ3n) is 3.26. The Morgan fingerprint density at radius 1 is 1.27 bits per heavy atom. The van der Waals surface area contributed by atoms with Crippen LogP contribution in [-0.2, 0) is 4.79 Å². The zero-order valence-electron chi connectivity index (χ0n) is 11.8. The van der Waals surface area contributed by atoms with Gasteiger partial charge in [0.05, 0.1) is 5.02 Å². The minimum absolute atomic E-state index is 0.114. The third kappa shape index (κ3) is 3.68. The number of carbonyl (C=O) groups excluding carboxylic acids is 1. The zero-order chi connectivity index (χ0) is 15.4. The molecule has 0 spiro atoms. The number of halogens is 1. The van der Waals surface area contributed by atoms with Crippen LogP contribution >= 0.6 is 11.6 Å². The molecule has 22 heavy (non-hydrogen) atoms. The maximum Gasteiger partial charge on any atom is 0.225 e. The van der Waals surface area contributed by atoms with Crippen molar-refractivity contribution < 1.29 is 14.3 Å². The first kappa shape index (κ1) is 14.7. The van der Waals surface area contributed by atoms with Crippen LogP contribution in [0.5, 0.6) is 11.5 Å². The Kier molecular flexibility index (Phi) is 4.44. The Hall–Kier alpha value is -2.27. The number of carbonyl (C=O) groups is 1. The second-order valence-corrected chi connectivity index (χ2v) is 5.38. The van der Waals surface area contributed by atoms with Crippen molar-refractivity contribution in [2.45, 2.75) is 18.9 Å². The topological polar surface area (TPSA) is 60.5 Å². The highest BCUT2D eigenvalue weighted by Gasteiger charge is 2.21. The minimum Gasteiger partial charge on any atom is -0.486 e. The maximum absolute atomic E-state index is 11.9. The Labute approximate surface area is 133 Å². The van der Waals surface area contributed by atoms with E-state index in [1.54, 1.807) is 12.1 Å². The molecule has 0 unspecified atom stereocenters. The molecule has 1 amide bonds. The molecule has 1 atom stereocenters. The number of benzene rings is 1. The Morgan fingerprint density at radius 2 is 2.09 bits per heavy atom. The highest BCUT2D eigenvalue weighted by Crippen LogP contribution is 2.31. The molecule has 1 aromatic heterocycles. The molecule has 1 aliphatic heterocycles. The van der Waals surface area contributed by atoms with Gasteiger partial charge in [-0.25, -0.2) is 4.98 Å². The van der Waals surface area contributed by atoms with Crippen molar-refractivity contribution in [3.63, 3.8) is 0 Å². The van der Waals surface area contributed by atoms with Crippen molar-refractivity contribution in [3.05, 3.63) is 47.6 Å². The fraction of sp³-hybridized carbons (Fsp3) is 0.250.